The van der Waals surface area contributed by atoms with E-state index in [0.29, 0.717) is 6.04 Å². The van der Waals surface area contributed by atoms with Gasteiger partial charge in [-0.3, -0.25) is 0 Å². The normalized spacial score (nSPS) is 19.7. The molecule has 4 nitrogen and oxygen atoms in total. The molecule has 1 aliphatic carbocycles. The third-order valence-corrected chi connectivity index (χ3v) is 3.16. The topological polar surface area (TPSA) is 42.2 Å². The molecule has 1 unspecified atom stereocenters. The molecule has 3 rings (SSSR count). The molecule has 2 aromatic heterocycles. The van der Waals surface area contributed by atoms with Crippen molar-refractivity contribution in [2.24, 2.45) is 0 Å². The maximum absolute atomic E-state index is 4.52. The van der Waals surface area contributed by atoms with Crippen molar-refractivity contribution >= 4 is 11.6 Å². The van der Waals surface area contributed by atoms with Gasteiger partial charge in [-0.2, -0.15) is 4.98 Å². The second-order valence-corrected chi connectivity index (χ2v) is 4.52. The molecule has 0 bridgehead atoms. The molecule has 0 saturated carbocycles. The number of aromatic nitrogens is 3. The van der Waals surface area contributed by atoms with E-state index < -0.39 is 0 Å². The van der Waals surface area contributed by atoms with Crippen LogP contribution >= 0.6 is 0 Å². The zero-order chi connectivity index (χ0) is 11.7. The summed E-state index contributed by atoms with van der Waals surface area (Å²) in [6, 6.07) is 4.51. The van der Waals surface area contributed by atoms with Gasteiger partial charge in [0.25, 0.3) is 0 Å². The van der Waals surface area contributed by atoms with Gasteiger partial charge in [-0.1, -0.05) is 18.2 Å². The van der Waals surface area contributed by atoms with Crippen LogP contribution in [-0.4, -0.2) is 20.6 Å². The summed E-state index contributed by atoms with van der Waals surface area (Å²) in [5.41, 5.74) is 2.08. The highest BCUT2D eigenvalue weighted by atomic mass is 15.3. The SMILES string of the molecule is Cc1cccn2nc(NC3CC=CCC3)nc12. The van der Waals surface area contributed by atoms with Crippen LogP contribution in [0.15, 0.2) is 30.5 Å². The standard InChI is InChI=1S/C13H16N4/c1-10-6-5-9-17-12(10)15-13(16-17)14-11-7-3-2-4-8-11/h2-3,5-6,9,11H,4,7-8H2,1H3,(H,14,16). The second-order valence-electron chi connectivity index (χ2n) is 4.52. The van der Waals surface area contributed by atoms with Crippen molar-refractivity contribution in [2.45, 2.75) is 32.2 Å². The average Bonchev–Trinajstić information content (AvgIpc) is 2.74. The van der Waals surface area contributed by atoms with Gasteiger partial charge >= 0.3 is 0 Å². The van der Waals surface area contributed by atoms with Gasteiger partial charge in [-0.05, 0) is 37.8 Å². The Hall–Kier alpha value is -1.84. The van der Waals surface area contributed by atoms with Crippen LogP contribution in [0.5, 0.6) is 0 Å². The van der Waals surface area contributed by atoms with E-state index in [2.05, 4.69) is 40.5 Å². The highest BCUT2D eigenvalue weighted by Gasteiger charge is 2.12. The molecular weight excluding hydrogens is 212 g/mol. The molecule has 1 N–H and O–H groups in total. The Morgan fingerprint density at radius 3 is 3.12 bits per heavy atom. The van der Waals surface area contributed by atoms with Crippen LogP contribution in [0, 0.1) is 6.92 Å². The van der Waals surface area contributed by atoms with Gasteiger partial charge in [0.15, 0.2) is 5.65 Å². The molecule has 0 fully saturated rings. The minimum Gasteiger partial charge on any atom is -0.350 e. The number of rotatable bonds is 2. The maximum atomic E-state index is 4.52. The van der Waals surface area contributed by atoms with Crippen LogP contribution in [0.3, 0.4) is 0 Å². The maximum Gasteiger partial charge on any atom is 0.243 e. The van der Waals surface area contributed by atoms with Crippen molar-refractivity contribution in [1.82, 2.24) is 14.6 Å². The first kappa shape index (κ1) is 10.3. The van der Waals surface area contributed by atoms with E-state index >= 15 is 0 Å². The van der Waals surface area contributed by atoms with Gasteiger partial charge in [0, 0.05) is 12.2 Å². The molecule has 2 aromatic rings. The lowest BCUT2D eigenvalue weighted by molar-refractivity contribution is 0.639. The van der Waals surface area contributed by atoms with Crippen LogP contribution in [0.2, 0.25) is 0 Å². The number of anilines is 1. The van der Waals surface area contributed by atoms with Crippen molar-refractivity contribution in [3.05, 3.63) is 36.0 Å². The first-order chi connectivity index (χ1) is 8.33. The molecule has 0 aromatic carbocycles. The monoisotopic (exact) mass is 228 g/mol. The minimum atomic E-state index is 0.470. The summed E-state index contributed by atoms with van der Waals surface area (Å²) in [5.74, 6) is 0.736. The highest BCUT2D eigenvalue weighted by molar-refractivity contribution is 5.50. The van der Waals surface area contributed by atoms with E-state index in [-0.39, 0.29) is 0 Å². The Bertz CT molecular complexity index is 556. The summed E-state index contributed by atoms with van der Waals surface area (Å²) < 4.78 is 1.83. The van der Waals surface area contributed by atoms with Crippen LogP contribution in [0.1, 0.15) is 24.8 Å². The number of aryl methyl sites for hydroxylation is 1. The lowest BCUT2D eigenvalue weighted by Gasteiger charge is -2.17. The number of pyridine rings is 1. The number of fused-ring (bicyclic) bond motifs is 1. The van der Waals surface area contributed by atoms with Gasteiger partial charge in [0.05, 0.1) is 0 Å². The molecular formula is C13H16N4. The Labute approximate surface area is 100 Å². The van der Waals surface area contributed by atoms with E-state index in [0.717, 1.165) is 36.4 Å². The molecule has 88 valence electrons. The third kappa shape index (κ3) is 2.02. The predicted octanol–water partition coefficient (Wildman–Crippen LogP) is 2.56. The lowest BCUT2D eigenvalue weighted by atomic mass is 10.0. The minimum absolute atomic E-state index is 0.470. The van der Waals surface area contributed by atoms with E-state index in [1.807, 2.05) is 16.8 Å². The molecule has 4 heteroatoms. The van der Waals surface area contributed by atoms with Crippen LogP contribution in [-0.2, 0) is 0 Å². The number of hydrogen-bond donors (Lipinski definition) is 1. The van der Waals surface area contributed by atoms with Crippen molar-refractivity contribution in [3.63, 3.8) is 0 Å². The second kappa shape index (κ2) is 4.20. The fourth-order valence-corrected chi connectivity index (χ4v) is 2.21. The molecule has 0 saturated heterocycles. The smallest absolute Gasteiger partial charge is 0.243 e. The van der Waals surface area contributed by atoms with E-state index in [1.165, 1.54) is 0 Å². The molecule has 0 amide bonds. The Balaban J connectivity index is 1.86. The van der Waals surface area contributed by atoms with Crippen molar-refractivity contribution in [2.75, 3.05) is 5.32 Å². The van der Waals surface area contributed by atoms with Gasteiger partial charge in [-0.15, -0.1) is 5.10 Å². The molecule has 1 aliphatic rings. The Morgan fingerprint density at radius 1 is 1.41 bits per heavy atom. The molecule has 0 spiro atoms. The molecule has 1 atom stereocenters. The highest BCUT2D eigenvalue weighted by Crippen LogP contribution is 2.16. The molecule has 17 heavy (non-hydrogen) atoms. The zero-order valence-corrected chi connectivity index (χ0v) is 9.93. The van der Waals surface area contributed by atoms with Crippen molar-refractivity contribution in [3.8, 4) is 0 Å². The first-order valence-corrected chi connectivity index (χ1v) is 6.06. The van der Waals surface area contributed by atoms with Crippen LogP contribution in [0.4, 0.5) is 5.95 Å². The summed E-state index contributed by atoms with van der Waals surface area (Å²) in [4.78, 5) is 4.52. The van der Waals surface area contributed by atoms with E-state index in [9.17, 15) is 0 Å². The fraction of sp³-hybridized carbons (Fsp3) is 0.385. The number of hydrogen-bond acceptors (Lipinski definition) is 3. The lowest BCUT2D eigenvalue weighted by Crippen LogP contribution is -2.20. The summed E-state index contributed by atoms with van der Waals surface area (Å²) in [6.07, 6.45) is 9.76. The molecule has 2 heterocycles. The first-order valence-electron chi connectivity index (χ1n) is 6.06. The Kier molecular flexibility index (Phi) is 2.55. The fourth-order valence-electron chi connectivity index (χ4n) is 2.21. The van der Waals surface area contributed by atoms with Crippen LogP contribution in [0.25, 0.3) is 5.65 Å². The van der Waals surface area contributed by atoms with Gasteiger partial charge < -0.3 is 5.32 Å². The van der Waals surface area contributed by atoms with Crippen LogP contribution < -0.4 is 5.32 Å². The van der Waals surface area contributed by atoms with Gasteiger partial charge in [0.1, 0.15) is 0 Å². The summed E-state index contributed by atoms with van der Waals surface area (Å²) in [6.45, 7) is 2.05. The van der Waals surface area contributed by atoms with Crippen molar-refractivity contribution < 1.29 is 0 Å². The summed E-state index contributed by atoms with van der Waals surface area (Å²) in [5, 5.41) is 7.84. The molecule has 0 radical (unpaired) electrons. The largest absolute Gasteiger partial charge is 0.350 e. The predicted molar refractivity (Wildman–Crippen MR) is 68.1 cm³/mol. The molecule has 0 aliphatic heterocycles. The van der Waals surface area contributed by atoms with Gasteiger partial charge in [-0.25, -0.2) is 4.52 Å². The van der Waals surface area contributed by atoms with E-state index in [1.54, 1.807) is 0 Å². The van der Waals surface area contributed by atoms with E-state index in [4.69, 9.17) is 0 Å². The number of allylic oxidation sites excluding steroid dienone is 1. The Morgan fingerprint density at radius 2 is 2.35 bits per heavy atom. The summed E-state index contributed by atoms with van der Waals surface area (Å²) >= 11 is 0. The van der Waals surface area contributed by atoms with Crippen molar-refractivity contribution in [1.29, 1.82) is 0 Å². The quantitative estimate of drug-likeness (QED) is 0.803. The average molecular weight is 228 g/mol. The zero-order valence-electron chi connectivity index (χ0n) is 9.93. The van der Waals surface area contributed by atoms with Gasteiger partial charge in [0.2, 0.25) is 5.95 Å². The third-order valence-electron chi connectivity index (χ3n) is 3.16. The summed E-state index contributed by atoms with van der Waals surface area (Å²) in [7, 11) is 0. The number of nitrogens with zero attached hydrogens (tertiary/aromatic N) is 3. The number of nitrogens with one attached hydrogen (secondary N) is 1.